The molecule has 140 valence electrons. The first-order chi connectivity index (χ1) is 10.6. The molecule has 0 amide bonds. The van der Waals surface area contributed by atoms with Crippen LogP contribution >= 0.6 is 35.0 Å². The second-order valence-corrected chi connectivity index (χ2v) is 7.31. The lowest BCUT2D eigenvalue weighted by Gasteiger charge is -2.21. The Bertz CT molecular complexity index is 268. The van der Waals surface area contributed by atoms with Crippen LogP contribution in [0.1, 0.15) is 38.5 Å². The Kier molecular flexibility index (Phi) is 12.2. The molecule has 0 heterocycles. The minimum absolute atomic E-state index is 0.0333. The van der Waals surface area contributed by atoms with Crippen LogP contribution < -0.4 is 0 Å². The summed E-state index contributed by atoms with van der Waals surface area (Å²) in [6.45, 7) is 0. The van der Waals surface area contributed by atoms with Gasteiger partial charge in [-0.3, -0.25) is 0 Å². The highest BCUT2D eigenvalue weighted by atomic mass is 35.5. The van der Waals surface area contributed by atoms with E-state index < -0.39 is 24.2 Å². The van der Waals surface area contributed by atoms with Gasteiger partial charge in [-0.2, -0.15) is 38.1 Å². The zero-order chi connectivity index (χ0) is 17.9. The van der Waals surface area contributed by atoms with E-state index in [0.29, 0.717) is 0 Å². The summed E-state index contributed by atoms with van der Waals surface area (Å²) >= 11 is 12.0. The standard InChI is InChI=1S/C14H22Cl2F6S/c15-7-1-3-11(13(17,18)19)5-9-23-10-6-12(4-2-8-16)14(20,21)22/h11-12H,1-10H2. The molecule has 0 aromatic rings. The molecule has 9 heteroatoms. The van der Waals surface area contributed by atoms with Crippen molar-refractivity contribution >= 4 is 35.0 Å². The van der Waals surface area contributed by atoms with E-state index in [2.05, 4.69) is 0 Å². The number of hydrogen-bond acceptors (Lipinski definition) is 1. The van der Waals surface area contributed by atoms with Crippen LogP contribution in [0.5, 0.6) is 0 Å². The molecule has 0 N–H and O–H groups in total. The fraction of sp³-hybridized carbons (Fsp3) is 1.00. The van der Waals surface area contributed by atoms with Crippen LogP contribution in [0.25, 0.3) is 0 Å². The molecule has 0 nitrogen and oxygen atoms in total. The Hall–Kier alpha value is 0.510. The largest absolute Gasteiger partial charge is 0.391 e. The van der Waals surface area contributed by atoms with Crippen molar-refractivity contribution in [2.24, 2.45) is 11.8 Å². The third-order valence-corrected chi connectivity index (χ3v) is 5.10. The Morgan fingerprint density at radius 1 is 0.652 bits per heavy atom. The van der Waals surface area contributed by atoms with Gasteiger partial charge in [-0.1, -0.05) is 0 Å². The highest BCUT2D eigenvalue weighted by Gasteiger charge is 2.39. The SMILES string of the molecule is FC(F)(F)C(CCCCl)CCSCCC(CCCCl)C(F)(F)F. The lowest BCUT2D eigenvalue weighted by atomic mass is 10.0. The maximum Gasteiger partial charge on any atom is 0.391 e. The van der Waals surface area contributed by atoms with E-state index in [1.165, 1.54) is 0 Å². The number of rotatable bonds is 12. The third kappa shape index (κ3) is 11.6. The molecular weight excluding hydrogens is 385 g/mol. The average Bonchev–Trinajstić information content (AvgIpc) is 2.42. The normalized spacial score (nSPS) is 15.7. The van der Waals surface area contributed by atoms with Gasteiger partial charge in [0, 0.05) is 11.8 Å². The van der Waals surface area contributed by atoms with E-state index in [4.69, 9.17) is 23.2 Å². The smallest absolute Gasteiger partial charge is 0.171 e. The monoisotopic (exact) mass is 406 g/mol. The fourth-order valence-electron chi connectivity index (χ4n) is 2.14. The number of alkyl halides is 8. The summed E-state index contributed by atoms with van der Waals surface area (Å²) in [5.41, 5.74) is 0. The quantitative estimate of drug-likeness (QED) is 0.193. The molecule has 2 unspecified atom stereocenters. The van der Waals surface area contributed by atoms with Crippen molar-refractivity contribution < 1.29 is 26.3 Å². The maximum absolute atomic E-state index is 12.8. The lowest BCUT2D eigenvalue weighted by Crippen LogP contribution is -2.24. The second-order valence-electron chi connectivity index (χ2n) is 5.33. The van der Waals surface area contributed by atoms with E-state index in [-0.39, 0.29) is 61.8 Å². The third-order valence-electron chi connectivity index (χ3n) is 3.52. The molecule has 0 aliphatic heterocycles. The fourth-order valence-corrected chi connectivity index (χ4v) is 3.56. The van der Waals surface area contributed by atoms with Crippen LogP contribution in [0.15, 0.2) is 0 Å². The summed E-state index contributed by atoms with van der Waals surface area (Å²) in [6.07, 6.45) is -8.21. The molecule has 0 saturated heterocycles. The second kappa shape index (κ2) is 12.0. The van der Waals surface area contributed by atoms with Crippen molar-refractivity contribution in [2.45, 2.75) is 50.9 Å². The summed E-state index contributed by atoms with van der Waals surface area (Å²) in [5.74, 6) is -2.10. The van der Waals surface area contributed by atoms with Crippen LogP contribution in [0.4, 0.5) is 26.3 Å². The first kappa shape index (κ1) is 23.5. The molecule has 0 aliphatic rings. The van der Waals surface area contributed by atoms with Crippen LogP contribution in [0.3, 0.4) is 0 Å². The number of hydrogen-bond donors (Lipinski definition) is 0. The van der Waals surface area contributed by atoms with Gasteiger partial charge in [-0.05, 0) is 50.0 Å². The summed E-state index contributed by atoms with van der Waals surface area (Å²) in [7, 11) is 0. The van der Waals surface area contributed by atoms with Crippen LogP contribution in [0.2, 0.25) is 0 Å². The van der Waals surface area contributed by atoms with Crippen molar-refractivity contribution in [3.8, 4) is 0 Å². The summed E-state index contributed by atoms with van der Waals surface area (Å²) in [5, 5.41) is 0. The van der Waals surface area contributed by atoms with E-state index in [1.807, 2.05) is 0 Å². The van der Waals surface area contributed by atoms with Crippen molar-refractivity contribution in [1.29, 1.82) is 0 Å². The first-order valence-electron chi connectivity index (χ1n) is 7.46. The van der Waals surface area contributed by atoms with E-state index in [0.717, 1.165) is 11.8 Å². The molecule has 0 fully saturated rings. The molecule has 0 radical (unpaired) electrons. The van der Waals surface area contributed by atoms with E-state index >= 15 is 0 Å². The van der Waals surface area contributed by atoms with Gasteiger partial charge in [0.1, 0.15) is 0 Å². The van der Waals surface area contributed by atoms with Crippen LogP contribution in [-0.2, 0) is 0 Å². The van der Waals surface area contributed by atoms with Crippen molar-refractivity contribution in [3.63, 3.8) is 0 Å². The molecule has 0 saturated carbocycles. The minimum atomic E-state index is -4.28. The Balaban J connectivity index is 4.11. The summed E-state index contributed by atoms with van der Waals surface area (Å²) in [4.78, 5) is 0. The van der Waals surface area contributed by atoms with Crippen molar-refractivity contribution in [1.82, 2.24) is 0 Å². The zero-order valence-corrected chi connectivity index (χ0v) is 15.0. The maximum atomic E-state index is 12.8. The molecular formula is C14H22Cl2F6S. The van der Waals surface area contributed by atoms with Gasteiger partial charge in [0.2, 0.25) is 0 Å². The molecule has 0 aromatic heterocycles. The van der Waals surface area contributed by atoms with E-state index in [9.17, 15) is 26.3 Å². The molecule has 0 aromatic carbocycles. The highest BCUT2D eigenvalue weighted by molar-refractivity contribution is 7.99. The predicted molar refractivity (Wildman–Crippen MR) is 85.6 cm³/mol. The number of thioether (sulfide) groups is 1. The molecule has 0 rings (SSSR count). The van der Waals surface area contributed by atoms with Gasteiger partial charge >= 0.3 is 12.4 Å². The first-order valence-corrected chi connectivity index (χ1v) is 9.68. The van der Waals surface area contributed by atoms with Gasteiger partial charge in [0.25, 0.3) is 0 Å². The summed E-state index contributed by atoms with van der Waals surface area (Å²) < 4.78 is 76.6. The Morgan fingerprint density at radius 2 is 1.00 bits per heavy atom. The number of halogens is 8. The average molecular weight is 407 g/mol. The van der Waals surface area contributed by atoms with Gasteiger partial charge in [0.05, 0.1) is 11.8 Å². The zero-order valence-electron chi connectivity index (χ0n) is 12.7. The predicted octanol–water partition coefficient (Wildman–Crippen LogP) is 6.89. The molecule has 2 atom stereocenters. The topological polar surface area (TPSA) is 0 Å². The van der Waals surface area contributed by atoms with Gasteiger partial charge in [-0.15, -0.1) is 23.2 Å². The van der Waals surface area contributed by atoms with Crippen molar-refractivity contribution in [2.75, 3.05) is 23.3 Å². The molecule has 0 bridgehead atoms. The Labute approximate surface area is 147 Å². The van der Waals surface area contributed by atoms with Gasteiger partial charge in [0.15, 0.2) is 0 Å². The Morgan fingerprint density at radius 3 is 1.26 bits per heavy atom. The molecule has 23 heavy (non-hydrogen) atoms. The molecule has 0 aliphatic carbocycles. The molecule has 0 spiro atoms. The van der Waals surface area contributed by atoms with Crippen molar-refractivity contribution in [3.05, 3.63) is 0 Å². The van der Waals surface area contributed by atoms with Crippen LogP contribution in [0, 0.1) is 11.8 Å². The van der Waals surface area contributed by atoms with E-state index in [1.54, 1.807) is 0 Å². The van der Waals surface area contributed by atoms with Gasteiger partial charge < -0.3 is 0 Å². The lowest BCUT2D eigenvalue weighted by molar-refractivity contribution is -0.177. The summed E-state index contributed by atoms with van der Waals surface area (Å²) in [6, 6.07) is 0. The van der Waals surface area contributed by atoms with Gasteiger partial charge in [-0.25, -0.2) is 0 Å². The highest BCUT2D eigenvalue weighted by Crippen LogP contribution is 2.35. The van der Waals surface area contributed by atoms with Crippen LogP contribution in [-0.4, -0.2) is 35.6 Å². The minimum Gasteiger partial charge on any atom is -0.171 e.